The zero-order valence-corrected chi connectivity index (χ0v) is 13.9. The van der Waals surface area contributed by atoms with Crippen molar-refractivity contribution in [3.8, 4) is 0 Å². The Morgan fingerprint density at radius 2 is 1.91 bits per heavy atom. The van der Waals surface area contributed by atoms with E-state index in [1.54, 1.807) is 18.4 Å². The number of nitrogens with zero attached hydrogens (tertiary/aromatic N) is 3. The van der Waals surface area contributed by atoms with E-state index < -0.39 is 0 Å². The second-order valence-electron chi connectivity index (χ2n) is 6.34. The van der Waals surface area contributed by atoms with E-state index in [-0.39, 0.29) is 17.9 Å². The van der Waals surface area contributed by atoms with Crippen molar-refractivity contribution in [2.75, 3.05) is 20.1 Å². The smallest absolute Gasteiger partial charge is 0.246 e. The fourth-order valence-corrected chi connectivity index (χ4v) is 4.68. The van der Waals surface area contributed by atoms with Gasteiger partial charge in [0.15, 0.2) is 0 Å². The van der Waals surface area contributed by atoms with Crippen LogP contribution in [-0.2, 0) is 9.59 Å². The highest BCUT2D eigenvalue weighted by molar-refractivity contribution is 7.18. The topological polar surface area (TPSA) is 53.5 Å². The van der Waals surface area contributed by atoms with Crippen LogP contribution in [0, 0.1) is 0 Å². The van der Waals surface area contributed by atoms with Crippen LogP contribution in [0.15, 0.2) is 24.3 Å². The summed E-state index contributed by atoms with van der Waals surface area (Å²) in [6.07, 6.45) is 2.34. The monoisotopic (exact) mass is 329 g/mol. The maximum Gasteiger partial charge on any atom is 0.246 e. The molecule has 0 bridgehead atoms. The lowest BCUT2D eigenvalue weighted by Crippen LogP contribution is -2.45. The number of amides is 2. The lowest BCUT2D eigenvalue weighted by atomic mass is 9.96. The van der Waals surface area contributed by atoms with Crippen LogP contribution in [0.5, 0.6) is 0 Å². The molecule has 0 aliphatic carbocycles. The van der Waals surface area contributed by atoms with Gasteiger partial charge in [0.25, 0.3) is 0 Å². The third-order valence-corrected chi connectivity index (χ3v) is 6.19. The quantitative estimate of drug-likeness (QED) is 0.793. The maximum absolute atomic E-state index is 12.1. The molecule has 0 N–H and O–H groups in total. The number of thiazole rings is 1. The van der Waals surface area contributed by atoms with Gasteiger partial charge in [-0.3, -0.25) is 19.4 Å². The van der Waals surface area contributed by atoms with Crippen molar-refractivity contribution in [2.45, 2.75) is 31.2 Å². The number of carbonyl (C=O) groups excluding carboxylic acids is 2. The SMILES string of the molecule is CN1C(=O)C[C@H](N2CCC(c3nc4ccccc4s3)CC2)C1=O. The van der Waals surface area contributed by atoms with Gasteiger partial charge >= 0.3 is 0 Å². The van der Waals surface area contributed by atoms with Crippen LogP contribution in [0.4, 0.5) is 0 Å². The van der Waals surface area contributed by atoms with E-state index in [9.17, 15) is 9.59 Å². The van der Waals surface area contributed by atoms with E-state index in [4.69, 9.17) is 4.98 Å². The summed E-state index contributed by atoms with van der Waals surface area (Å²) < 4.78 is 1.24. The summed E-state index contributed by atoms with van der Waals surface area (Å²) >= 11 is 1.78. The van der Waals surface area contributed by atoms with Gasteiger partial charge < -0.3 is 0 Å². The third-order valence-electron chi connectivity index (χ3n) is 4.99. The third kappa shape index (κ3) is 2.56. The first-order valence-electron chi connectivity index (χ1n) is 8.03. The van der Waals surface area contributed by atoms with Crippen LogP contribution in [0.3, 0.4) is 0 Å². The number of likely N-dealkylation sites (N-methyl/N-ethyl adjacent to an activating group) is 1. The van der Waals surface area contributed by atoms with E-state index in [0.717, 1.165) is 31.4 Å². The van der Waals surface area contributed by atoms with Gasteiger partial charge in [0.05, 0.1) is 27.7 Å². The number of piperidine rings is 1. The maximum atomic E-state index is 12.1. The molecule has 6 heteroatoms. The van der Waals surface area contributed by atoms with E-state index in [0.29, 0.717) is 12.3 Å². The molecule has 120 valence electrons. The van der Waals surface area contributed by atoms with E-state index in [1.165, 1.54) is 14.6 Å². The number of imide groups is 1. The second kappa shape index (κ2) is 5.69. The Hall–Kier alpha value is -1.79. The molecule has 1 atom stereocenters. The summed E-state index contributed by atoms with van der Waals surface area (Å²) in [6, 6.07) is 8.00. The number of rotatable bonds is 2. The summed E-state index contributed by atoms with van der Waals surface area (Å²) in [5.74, 6) is 0.357. The number of fused-ring (bicyclic) bond motifs is 1. The summed E-state index contributed by atoms with van der Waals surface area (Å²) in [5, 5.41) is 1.21. The highest BCUT2D eigenvalue weighted by Gasteiger charge is 2.41. The summed E-state index contributed by atoms with van der Waals surface area (Å²) in [4.78, 5) is 32.0. The fourth-order valence-electron chi connectivity index (χ4n) is 3.54. The average molecular weight is 329 g/mol. The van der Waals surface area contributed by atoms with Crippen molar-refractivity contribution in [1.82, 2.24) is 14.8 Å². The van der Waals surface area contributed by atoms with Crippen molar-refractivity contribution in [3.63, 3.8) is 0 Å². The van der Waals surface area contributed by atoms with E-state index >= 15 is 0 Å². The molecule has 0 saturated carbocycles. The zero-order valence-electron chi connectivity index (χ0n) is 13.1. The Bertz CT molecular complexity index is 731. The fraction of sp³-hybridized carbons (Fsp3) is 0.471. The molecule has 2 amide bonds. The number of hydrogen-bond donors (Lipinski definition) is 0. The molecular formula is C17H19N3O2S. The van der Waals surface area contributed by atoms with Gasteiger partial charge in [0, 0.05) is 13.0 Å². The number of carbonyl (C=O) groups is 2. The Kier molecular flexibility index (Phi) is 3.66. The van der Waals surface area contributed by atoms with Crippen LogP contribution in [0.25, 0.3) is 10.2 Å². The first-order chi connectivity index (χ1) is 11.1. The van der Waals surface area contributed by atoms with Gasteiger partial charge in [-0.1, -0.05) is 12.1 Å². The van der Waals surface area contributed by atoms with Crippen LogP contribution in [-0.4, -0.2) is 52.8 Å². The average Bonchev–Trinajstić information content (AvgIpc) is 3.12. The molecule has 0 unspecified atom stereocenters. The van der Waals surface area contributed by atoms with Gasteiger partial charge in [-0.2, -0.15) is 0 Å². The molecule has 2 saturated heterocycles. The highest BCUT2D eigenvalue weighted by atomic mass is 32.1. The van der Waals surface area contributed by atoms with Crippen LogP contribution in [0.1, 0.15) is 30.2 Å². The molecule has 4 rings (SSSR count). The van der Waals surface area contributed by atoms with E-state index in [1.807, 2.05) is 12.1 Å². The lowest BCUT2D eigenvalue weighted by Gasteiger charge is -2.33. The van der Waals surface area contributed by atoms with Gasteiger partial charge in [-0.05, 0) is 38.1 Å². The first kappa shape index (κ1) is 14.8. The van der Waals surface area contributed by atoms with Crippen molar-refractivity contribution < 1.29 is 9.59 Å². The van der Waals surface area contributed by atoms with Gasteiger partial charge in [-0.15, -0.1) is 11.3 Å². The predicted octanol–water partition coefficient (Wildman–Crippen LogP) is 2.23. The van der Waals surface area contributed by atoms with Crippen molar-refractivity contribution in [1.29, 1.82) is 0 Å². The molecule has 0 spiro atoms. The molecule has 3 heterocycles. The minimum Gasteiger partial charge on any atom is -0.291 e. The van der Waals surface area contributed by atoms with Crippen LogP contribution < -0.4 is 0 Å². The minimum absolute atomic E-state index is 0.0477. The normalized spacial score (nSPS) is 24.0. The van der Waals surface area contributed by atoms with Gasteiger partial charge in [0.1, 0.15) is 0 Å². The summed E-state index contributed by atoms with van der Waals surface area (Å²) in [7, 11) is 1.58. The van der Waals surface area contributed by atoms with E-state index in [2.05, 4.69) is 17.0 Å². The van der Waals surface area contributed by atoms with Crippen LogP contribution >= 0.6 is 11.3 Å². The van der Waals surface area contributed by atoms with Crippen molar-refractivity contribution >= 4 is 33.4 Å². The first-order valence-corrected chi connectivity index (χ1v) is 8.85. The molecule has 0 radical (unpaired) electrons. The Morgan fingerprint density at radius 3 is 2.57 bits per heavy atom. The zero-order chi connectivity index (χ0) is 16.0. The number of aromatic nitrogens is 1. The van der Waals surface area contributed by atoms with Crippen molar-refractivity contribution in [3.05, 3.63) is 29.3 Å². The second-order valence-corrected chi connectivity index (χ2v) is 7.40. The molecular weight excluding hydrogens is 310 g/mol. The molecule has 2 aliphatic heterocycles. The molecule has 5 nitrogen and oxygen atoms in total. The number of benzene rings is 1. The molecule has 23 heavy (non-hydrogen) atoms. The standard InChI is InChI=1S/C17H19N3O2S/c1-19-15(21)10-13(17(19)22)20-8-6-11(7-9-20)16-18-12-4-2-3-5-14(12)23-16/h2-5,11,13H,6-10H2,1H3/t13-/m0/s1. The Balaban J connectivity index is 1.45. The Morgan fingerprint density at radius 1 is 1.17 bits per heavy atom. The number of hydrogen-bond acceptors (Lipinski definition) is 5. The molecule has 2 fully saturated rings. The highest BCUT2D eigenvalue weighted by Crippen LogP contribution is 2.35. The minimum atomic E-state index is -0.246. The lowest BCUT2D eigenvalue weighted by molar-refractivity contribution is -0.138. The molecule has 2 aliphatic rings. The largest absolute Gasteiger partial charge is 0.291 e. The predicted molar refractivity (Wildman–Crippen MR) is 89.4 cm³/mol. The molecule has 1 aromatic carbocycles. The summed E-state index contributed by atoms with van der Waals surface area (Å²) in [6.45, 7) is 1.72. The molecule has 2 aromatic rings. The number of para-hydroxylation sites is 1. The van der Waals surface area contributed by atoms with Gasteiger partial charge in [0.2, 0.25) is 11.8 Å². The Labute approximate surface area is 138 Å². The number of likely N-dealkylation sites (tertiary alicyclic amines) is 2. The van der Waals surface area contributed by atoms with Gasteiger partial charge in [-0.25, -0.2) is 4.98 Å². The molecule has 1 aromatic heterocycles. The van der Waals surface area contributed by atoms with Crippen molar-refractivity contribution in [2.24, 2.45) is 0 Å². The van der Waals surface area contributed by atoms with Crippen LogP contribution in [0.2, 0.25) is 0 Å². The summed E-state index contributed by atoms with van der Waals surface area (Å²) in [5.41, 5.74) is 1.08.